The van der Waals surface area contributed by atoms with Crippen LogP contribution in [0.4, 0.5) is 6.01 Å². The van der Waals surface area contributed by atoms with E-state index in [9.17, 15) is 0 Å². The lowest BCUT2D eigenvalue weighted by Crippen LogP contribution is -2.35. The highest BCUT2D eigenvalue weighted by molar-refractivity contribution is 5.27. The summed E-state index contributed by atoms with van der Waals surface area (Å²) in [6, 6.07) is 1.81. The molecule has 1 aliphatic carbocycles. The molecule has 0 aliphatic heterocycles. The molecule has 2 unspecified atom stereocenters. The fraction of sp³-hybridized carbons (Fsp3) is 0.800. The largest absolute Gasteiger partial charge is 0.432 e. The van der Waals surface area contributed by atoms with Crippen LogP contribution >= 0.6 is 0 Å². The molecule has 1 N–H and O–H groups in total. The van der Waals surface area contributed by atoms with Gasteiger partial charge in [-0.2, -0.15) is 4.98 Å². The van der Waals surface area contributed by atoms with E-state index in [2.05, 4.69) is 43.0 Å². The number of anilines is 1. The van der Waals surface area contributed by atoms with Crippen molar-refractivity contribution in [2.75, 3.05) is 11.9 Å². The number of rotatable bonds is 5. The fourth-order valence-corrected chi connectivity index (χ4v) is 2.76. The number of aromatic nitrogens is 1. The zero-order valence-corrected chi connectivity index (χ0v) is 12.6. The minimum atomic E-state index is 0.470. The van der Waals surface area contributed by atoms with Gasteiger partial charge < -0.3 is 14.6 Å². The summed E-state index contributed by atoms with van der Waals surface area (Å²) in [5.74, 6) is 0.818. The predicted molar refractivity (Wildman–Crippen MR) is 78.3 cm³/mol. The third-order valence-electron chi connectivity index (χ3n) is 3.99. The minimum absolute atomic E-state index is 0.470. The number of hydrogen-bond acceptors (Lipinski definition) is 4. The quantitative estimate of drug-likeness (QED) is 0.887. The first-order valence-electron chi connectivity index (χ1n) is 7.47. The van der Waals surface area contributed by atoms with E-state index in [1.54, 1.807) is 6.26 Å². The molecule has 2 rings (SSSR count). The first kappa shape index (κ1) is 14.4. The van der Waals surface area contributed by atoms with E-state index >= 15 is 0 Å². The molecule has 4 heteroatoms. The van der Waals surface area contributed by atoms with E-state index < -0.39 is 0 Å². The van der Waals surface area contributed by atoms with Crippen LogP contribution in [0.25, 0.3) is 0 Å². The molecule has 4 nitrogen and oxygen atoms in total. The molecule has 0 radical (unpaired) electrons. The molecule has 1 aromatic heterocycles. The maximum atomic E-state index is 5.62. The average Bonchev–Trinajstić information content (AvgIpc) is 2.84. The second-order valence-electron chi connectivity index (χ2n) is 6.19. The SMILES string of the molecule is CC1CCCC(N(C)c2nc(CNC(C)C)co2)C1. The molecular weight excluding hydrogens is 238 g/mol. The third kappa shape index (κ3) is 3.96. The van der Waals surface area contributed by atoms with Crippen LogP contribution in [0, 0.1) is 5.92 Å². The van der Waals surface area contributed by atoms with Crippen molar-refractivity contribution in [3.63, 3.8) is 0 Å². The molecule has 1 fully saturated rings. The van der Waals surface area contributed by atoms with Crippen molar-refractivity contribution < 1.29 is 4.42 Å². The Morgan fingerprint density at radius 1 is 1.47 bits per heavy atom. The van der Waals surface area contributed by atoms with Gasteiger partial charge in [0, 0.05) is 25.7 Å². The van der Waals surface area contributed by atoms with Crippen LogP contribution in [0.3, 0.4) is 0 Å². The van der Waals surface area contributed by atoms with Gasteiger partial charge in [-0.05, 0) is 18.8 Å². The van der Waals surface area contributed by atoms with Gasteiger partial charge in [-0.3, -0.25) is 0 Å². The lowest BCUT2D eigenvalue weighted by atomic mass is 9.86. The number of nitrogens with zero attached hydrogens (tertiary/aromatic N) is 2. The van der Waals surface area contributed by atoms with Crippen molar-refractivity contribution in [1.29, 1.82) is 0 Å². The smallest absolute Gasteiger partial charge is 0.297 e. The third-order valence-corrected chi connectivity index (χ3v) is 3.99. The molecule has 0 bridgehead atoms. The maximum Gasteiger partial charge on any atom is 0.297 e. The van der Waals surface area contributed by atoms with Crippen molar-refractivity contribution in [3.8, 4) is 0 Å². The van der Waals surface area contributed by atoms with Crippen LogP contribution < -0.4 is 10.2 Å². The Morgan fingerprint density at radius 3 is 2.95 bits per heavy atom. The average molecular weight is 265 g/mol. The molecule has 0 amide bonds. The predicted octanol–water partition coefficient (Wildman–Crippen LogP) is 3.19. The molecule has 2 atom stereocenters. The topological polar surface area (TPSA) is 41.3 Å². The molecule has 108 valence electrons. The highest BCUT2D eigenvalue weighted by atomic mass is 16.4. The van der Waals surface area contributed by atoms with Crippen molar-refractivity contribution in [2.24, 2.45) is 5.92 Å². The van der Waals surface area contributed by atoms with E-state index in [4.69, 9.17) is 4.42 Å². The Kier molecular flexibility index (Phi) is 4.86. The van der Waals surface area contributed by atoms with E-state index in [1.165, 1.54) is 25.7 Å². The van der Waals surface area contributed by atoms with Gasteiger partial charge in [0.15, 0.2) is 0 Å². The highest BCUT2D eigenvalue weighted by Crippen LogP contribution is 2.29. The first-order chi connectivity index (χ1) is 9.06. The Hall–Kier alpha value is -1.03. The normalized spacial score (nSPS) is 23.8. The second-order valence-corrected chi connectivity index (χ2v) is 6.19. The Bertz CT molecular complexity index is 388. The maximum absolute atomic E-state index is 5.62. The van der Waals surface area contributed by atoms with Crippen LogP contribution in [0.2, 0.25) is 0 Å². The van der Waals surface area contributed by atoms with Gasteiger partial charge in [0.05, 0.1) is 5.69 Å². The van der Waals surface area contributed by atoms with Crippen LogP contribution in [-0.4, -0.2) is 24.1 Å². The van der Waals surface area contributed by atoms with Crippen LogP contribution in [0.5, 0.6) is 0 Å². The molecular formula is C15H27N3O. The second kappa shape index (κ2) is 6.42. The van der Waals surface area contributed by atoms with Crippen molar-refractivity contribution in [1.82, 2.24) is 10.3 Å². The fourth-order valence-electron chi connectivity index (χ4n) is 2.76. The number of nitrogens with one attached hydrogen (secondary N) is 1. The van der Waals surface area contributed by atoms with Crippen LogP contribution in [-0.2, 0) is 6.54 Å². The zero-order valence-electron chi connectivity index (χ0n) is 12.6. The molecule has 0 saturated heterocycles. The molecule has 19 heavy (non-hydrogen) atoms. The Morgan fingerprint density at radius 2 is 2.26 bits per heavy atom. The van der Waals surface area contributed by atoms with E-state index in [-0.39, 0.29) is 0 Å². The summed E-state index contributed by atoms with van der Waals surface area (Å²) in [4.78, 5) is 6.80. The van der Waals surface area contributed by atoms with Gasteiger partial charge in [0.2, 0.25) is 0 Å². The van der Waals surface area contributed by atoms with Crippen molar-refractivity contribution in [3.05, 3.63) is 12.0 Å². The van der Waals surface area contributed by atoms with Gasteiger partial charge >= 0.3 is 0 Å². The van der Waals surface area contributed by atoms with E-state index in [1.807, 2.05) is 0 Å². The molecule has 1 aromatic rings. The van der Waals surface area contributed by atoms with Gasteiger partial charge in [-0.25, -0.2) is 0 Å². The monoisotopic (exact) mass is 265 g/mol. The molecule has 0 aromatic carbocycles. The lowest BCUT2D eigenvalue weighted by Gasteiger charge is -2.33. The number of oxazole rings is 1. The Labute approximate surface area is 116 Å². The van der Waals surface area contributed by atoms with Crippen LogP contribution in [0.1, 0.15) is 52.1 Å². The van der Waals surface area contributed by atoms with Gasteiger partial charge in [0.25, 0.3) is 6.01 Å². The highest BCUT2D eigenvalue weighted by Gasteiger charge is 2.24. The summed E-state index contributed by atoms with van der Waals surface area (Å²) in [7, 11) is 2.11. The summed E-state index contributed by atoms with van der Waals surface area (Å²) in [6.45, 7) is 7.39. The van der Waals surface area contributed by atoms with E-state index in [0.717, 1.165) is 24.2 Å². The first-order valence-corrected chi connectivity index (χ1v) is 7.47. The van der Waals surface area contributed by atoms with E-state index in [0.29, 0.717) is 12.1 Å². The molecule has 0 spiro atoms. The summed E-state index contributed by atoms with van der Waals surface area (Å²) in [5, 5.41) is 3.36. The minimum Gasteiger partial charge on any atom is -0.432 e. The van der Waals surface area contributed by atoms with Gasteiger partial charge in [-0.1, -0.05) is 33.6 Å². The van der Waals surface area contributed by atoms with Crippen molar-refractivity contribution in [2.45, 2.75) is 65.1 Å². The lowest BCUT2D eigenvalue weighted by molar-refractivity contribution is 0.327. The van der Waals surface area contributed by atoms with Crippen LogP contribution in [0.15, 0.2) is 10.7 Å². The summed E-state index contributed by atoms with van der Waals surface area (Å²) >= 11 is 0. The molecule has 1 aliphatic rings. The molecule has 1 heterocycles. The number of hydrogen-bond donors (Lipinski definition) is 1. The van der Waals surface area contributed by atoms with Crippen molar-refractivity contribution >= 4 is 6.01 Å². The standard InChI is InChI=1S/C15H27N3O/c1-11(2)16-9-13-10-19-15(17-13)18(4)14-7-5-6-12(3)8-14/h10-12,14,16H,5-9H2,1-4H3. The molecule has 1 saturated carbocycles. The summed E-state index contributed by atoms with van der Waals surface area (Å²) < 4.78 is 5.62. The van der Waals surface area contributed by atoms with Gasteiger partial charge in [0.1, 0.15) is 6.26 Å². The summed E-state index contributed by atoms with van der Waals surface area (Å²) in [5.41, 5.74) is 0.986. The Balaban J connectivity index is 1.93. The summed E-state index contributed by atoms with van der Waals surface area (Å²) in [6.07, 6.45) is 6.95. The van der Waals surface area contributed by atoms with Gasteiger partial charge in [-0.15, -0.1) is 0 Å². The zero-order chi connectivity index (χ0) is 13.8.